The zero-order valence-electron chi connectivity index (χ0n) is 6.15. The van der Waals surface area contributed by atoms with Crippen molar-refractivity contribution < 1.29 is 14.7 Å². The molecule has 12 heavy (non-hydrogen) atoms. The van der Waals surface area contributed by atoms with Gasteiger partial charge in [-0.25, -0.2) is 0 Å². The Bertz CT molecular complexity index is 292. The molecular weight excluding hydrogens is 158 g/mol. The molecular formula is C8H7NO3. The van der Waals surface area contributed by atoms with Crippen LogP contribution < -0.4 is 5.32 Å². The van der Waals surface area contributed by atoms with E-state index in [0.29, 0.717) is 12.0 Å². The molecule has 0 aliphatic carbocycles. The number of hydrogen-bond acceptors (Lipinski definition) is 3. The van der Waals surface area contributed by atoms with Gasteiger partial charge in [0.15, 0.2) is 0 Å². The number of nitrogens with one attached hydrogen (secondary N) is 1. The minimum absolute atomic E-state index is 0.0812. The van der Waals surface area contributed by atoms with Crippen LogP contribution in [0.5, 0.6) is 5.75 Å². The number of carbonyl (C=O) groups is 2. The molecule has 0 aliphatic rings. The third-order valence-corrected chi connectivity index (χ3v) is 1.32. The van der Waals surface area contributed by atoms with Crippen LogP contribution in [0.25, 0.3) is 0 Å². The van der Waals surface area contributed by atoms with Crippen LogP contribution >= 0.6 is 0 Å². The molecule has 4 nitrogen and oxygen atoms in total. The average Bonchev–Trinajstić information content (AvgIpc) is 2.06. The summed E-state index contributed by atoms with van der Waals surface area (Å²) in [5, 5.41) is 10.8. The van der Waals surface area contributed by atoms with Gasteiger partial charge in [-0.05, 0) is 24.3 Å². The van der Waals surface area contributed by atoms with Crippen molar-refractivity contribution in [1.29, 1.82) is 0 Å². The highest BCUT2D eigenvalue weighted by atomic mass is 16.3. The van der Waals surface area contributed by atoms with Gasteiger partial charge in [0.1, 0.15) is 5.75 Å². The van der Waals surface area contributed by atoms with E-state index in [-0.39, 0.29) is 5.75 Å². The van der Waals surface area contributed by atoms with Crippen LogP contribution in [0.4, 0.5) is 0 Å². The lowest BCUT2D eigenvalue weighted by Crippen LogP contribution is -2.20. The average molecular weight is 165 g/mol. The molecule has 2 amide bonds. The van der Waals surface area contributed by atoms with E-state index in [1.807, 2.05) is 5.32 Å². The second-order valence-electron chi connectivity index (χ2n) is 2.14. The molecule has 0 atom stereocenters. The second kappa shape index (κ2) is 3.52. The van der Waals surface area contributed by atoms with Gasteiger partial charge in [-0.3, -0.25) is 14.9 Å². The number of phenolic OH excluding ortho intramolecular Hbond substituents is 1. The zero-order valence-corrected chi connectivity index (χ0v) is 6.15. The third kappa shape index (κ3) is 1.82. The predicted octanol–water partition coefficient (Wildman–Crippen LogP) is 0.278. The van der Waals surface area contributed by atoms with Crippen LogP contribution in [0.2, 0.25) is 0 Å². The summed E-state index contributed by atoms with van der Waals surface area (Å²) in [5.41, 5.74) is 0.333. The van der Waals surface area contributed by atoms with Crippen molar-refractivity contribution in [2.45, 2.75) is 0 Å². The SMILES string of the molecule is O=CNC(=O)c1ccc(O)cc1. The lowest BCUT2D eigenvalue weighted by Gasteiger charge is -1.97. The van der Waals surface area contributed by atoms with Crippen molar-refractivity contribution in [3.8, 4) is 5.75 Å². The van der Waals surface area contributed by atoms with Crippen molar-refractivity contribution in [3.63, 3.8) is 0 Å². The van der Waals surface area contributed by atoms with Crippen LogP contribution in [0.3, 0.4) is 0 Å². The first-order chi connectivity index (χ1) is 5.74. The van der Waals surface area contributed by atoms with Gasteiger partial charge in [0.2, 0.25) is 6.41 Å². The van der Waals surface area contributed by atoms with E-state index in [4.69, 9.17) is 5.11 Å². The molecule has 0 saturated carbocycles. The summed E-state index contributed by atoms with van der Waals surface area (Å²) in [6.07, 6.45) is 0.315. The number of benzene rings is 1. The van der Waals surface area contributed by atoms with Gasteiger partial charge >= 0.3 is 0 Å². The molecule has 4 heteroatoms. The molecule has 0 aliphatic heterocycles. The lowest BCUT2D eigenvalue weighted by molar-refractivity contribution is -0.108. The van der Waals surface area contributed by atoms with Crippen LogP contribution in [-0.2, 0) is 4.79 Å². The summed E-state index contributed by atoms with van der Waals surface area (Å²) in [5.74, 6) is -0.400. The van der Waals surface area contributed by atoms with Crippen molar-refractivity contribution in [2.24, 2.45) is 0 Å². The molecule has 1 aromatic rings. The van der Waals surface area contributed by atoms with E-state index < -0.39 is 5.91 Å². The third-order valence-electron chi connectivity index (χ3n) is 1.32. The Kier molecular flexibility index (Phi) is 2.42. The lowest BCUT2D eigenvalue weighted by atomic mass is 10.2. The minimum Gasteiger partial charge on any atom is -0.508 e. The first kappa shape index (κ1) is 8.26. The van der Waals surface area contributed by atoms with Gasteiger partial charge in [0.05, 0.1) is 0 Å². The number of aromatic hydroxyl groups is 1. The van der Waals surface area contributed by atoms with Crippen molar-refractivity contribution in [3.05, 3.63) is 29.8 Å². The summed E-state index contributed by atoms with van der Waals surface area (Å²) < 4.78 is 0. The molecule has 0 spiro atoms. The fraction of sp³-hybridized carbons (Fsp3) is 0. The van der Waals surface area contributed by atoms with Gasteiger partial charge in [0.25, 0.3) is 5.91 Å². The number of imide groups is 1. The van der Waals surface area contributed by atoms with Crippen LogP contribution in [0.1, 0.15) is 10.4 Å². The van der Waals surface area contributed by atoms with Crippen LogP contribution in [0.15, 0.2) is 24.3 Å². The number of carbonyl (C=O) groups excluding carboxylic acids is 2. The summed E-state index contributed by atoms with van der Waals surface area (Å²) in [6, 6.07) is 5.60. The maximum Gasteiger partial charge on any atom is 0.257 e. The molecule has 0 unspecified atom stereocenters. The Labute approximate surface area is 68.8 Å². The van der Waals surface area contributed by atoms with Gasteiger partial charge in [0, 0.05) is 5.56 Å². The van der Waals surface area contributed by atoms with E-state index in [1.165, 1.54) is 24.3 Å². The normalized spacial score (nSPS) is 9.00. The zero-order chi connectivity index (χ0) is 8.97. The molecule has 0 bridgehead atoms. The Morgan fingerprint density at radius 3 is 2.42 bits per heavy atom. The van der Waals surface area contributed by atoms with Gasteiger partial charge in [-0.1, -0.05) is 0 Å². The van der Waals surface area contributed by atoms with Gasteiger partial charge < -0.3 is 5.11 Å². The molecule has 0 radical (unpaired) electrons. The summed E-state index contributed by atoms with van der Waals surface area (Å²) >= 11 is 0. The Hall–Kier alpha value is -1.84. The maximum atomic E-state index is 10.9. The largest absolute Gasteiger partial charge is 0.508 e. The predicted molar refractivity (Wildman–Crippen MR) is 41.6 cm³/mol. The first-order valence-corrected chi connectivity index (χ1v) is 3.27. The van der Waals surface area contributed by atoms with E-state index >= 15 is 0 Å². The Morgan fingerprint density at radius 1 is 1.33 bits per heavy atom. The summed E-state index contributed by atoms with van der Waals surface area (Å²) in [6.45, 7) is 0. The minimum atomic E-state index is -0.481. The van der Waals surface area contributed by atoms with E-state index in [0.717, 1.165) is 0 Å². The molecule has 0 heterocycles. The molecule has 0 saturated heterocycles. The molecule has 2 N–H and O–H groups in total. The highest BCUT2D eigenvalue weighted by molar-refractivity contribution is 5.99. The second-order valence-corrected chi connectivity index (χ2v) is 2.14. The Balaban J connectivity index is 2.82. The number of phenols is 1. The monoisotopic (exact) mass is 165 g/mol. The highest BCUT2D eigenvalue weighted by Gasteiger charge is 2.02. The first-order valence-electron chi connectivity index (χ1n) is 3.27. The van der Waals surface area contributed by atoms with E-state index in [2.05, 4.69) is 0 Å². The molecule has 0 aromatic heterocycles. The fourth-order valence-corrected chi connectivity index (χ4v) is 0.750. The van der Waals surface area contributed by atoms with Gasteiger partial charge in [-0.2, -0.15) is 0 Å². The Morgan fingerprint density at radius 2 is 1.92 bits per heavy atom. The molecule has 0 fully saturated rings. The fourth-order valence-electron chi connectivity index (χ4n) is 0.750. The number of rotatable bonds is 2. The van der Waals surface area contributed by atoms with Crippen molar-refractivity contribution in [2.75, 3.05) is 0 Å². The quantitative estimate of drug-likeness (QED) is 0.618. The smallest absolute Gasteiger partial charge is 0.257 e. The molecule has 1 rings (SSSR count). The summed E-state index contributed by atoms with van der Waals surface area (Å²) in [7, 11) is 0. The topological polar surface area (TPSA) is 66.4 Å². The number of hydrogen-bond donors (Lipinski definition) is 2. The van der Waals surface area contributed by atoms with Crippen LogP contribution in [0, 0.1) is 0 Å². The maximum absolute atomic E-state index is 10.9. The molecule has 62 valence electrons. The molecule has 1 aromatic carbocycles. The van der Waals surface area contributed by atoms with Crippen molar-refractivity contribution in [1.82, 2.24) is 5.32 Å². The summed E-state index contributed by atoms with van der Waals surface area (Å²) in [4.78, 5) is 20.8. The van der Waals surface area contributed by atoms with E-state index in [1.54, 1.807) is 0 Å². The van der Waals surface area contributed by atoms with Crippen molar-refractivity contribution >= 4 is 12.3 Å². The van der Waals surface area contributed by atoms with Gasteiger partial charge in [-0.15, -0.1) is 0 Å². The number of amides is 2. The van der Waals surface area contributed by atoms with Crippen LogP contribution in [-0.4, -0.2) is 17.4 Å². The van der Waals surface area contributed by atoms with E-state index in [9.17, 15) is 9.59 Å². The standard InChI is InChI=1S/C8H7NO3/c10-5-9-8(12)6-1-3-7(11)4-2-6/h1-5,11H,(H,9,10,12). The highest BCUT2D eigenvalue weighted by Crippen LogP contribution is 2.08.